The highest BCUT2D eigenvalue weighted by atomic mass is 79.9. The minimum atomic E-state index is -4.41. The first kappa shape index (κ1) is 36.0. The van der Waals surface area contributed by atoms with E-state index < -0.39 is 30.9 Å². The van der Waals surface area contributed by atoms with Crippen molar-refractivity contribution in [3.8, 4) is 11.1 Å². The van der Waals surface area contributed by atoms with Crippen molar-refractivity contribution in [2.75, 3.05) is 0 Å². The normalized spacial score (nSPS) is 11.6. The number of rotatable bonds is 2. The SMILES string of the molecule is FC(F)(F)c1cc2cc(-c3ccc(Cl)cc3)c(Cl)cc2[nH]1.FC(F)(F)c1cc2cc(Br)c(Cl)cc2[nH]1.OB(O)c1ccc(Cl)cc1. The van der Waals surface area contributed by atoms with Gasteiger partial charge in [-0.2, -0.15) is 26.3 Å². The summed E-state index contributed by atoms with van der Waals surface area (Å²) in [6, 6.07) is 21.5. The van der Waals surface area contributed by atoms with E-state index in [4.69, 9.17) is 56.5 Å². The molecule has 0 radical (unpaired) electrons. The van der Waals surface area contributed by atoms with Crippen LogP contribution in [0.25, 0.3) is 32.9 Å². The van der Waals surface area contributed by atoms with Gasteiger partial charge in [0.2, 0.25) is 0 Å². The largest absolute Gasteiger partial charge is 0.488 e. The van der Waals surface area contributed by atoms with Crippen molar-refractivity contribution < 1.29 is 36.4 Å². The van der Waals surface area contributed by atoms with Crippen molar-refractivity contribution in [3.05, 3.63) is 121 Å². The van der Waals surface area contributed by atoms with Crippen LogP contribution in [0, 0.1) is 0 Å². The van der Waals surface area contributed by atoms with Gasteiger partial charge < -0.3 is 20.0 Å². The van der Waals surface area contributed by atoms with E-state index in [1.165, 1.54) is 12.1 Å². The maximum Gasteiger partial charge on any atom is 0.488 e. The summed E-state index contributed by atoms with van der Waals surface area (Å²) >= 11 is 26.5. The molecule has 46 heavy (non-hydrogen) atoms. The summed E-state index contributed by atoms with van der Waals surface area (Å²) in [6.45, 7) is 0. The standard InChI is InChI=1S/C15H8Cl2F3N.C9H4BrClF3N.C6H6BClO2/c16-10-3-1-8(2-4-10)11-5-9-6-14(15(18,19)20)21-13(9)7-12(11)17;10-5-1-4-2-8(9(12,13)14)15-7(4)3-6(5)11;8-6-3-1-5(2-4-6)7(9)10/h1-7,21H;1-3,15H;1-4,9-10H. The van der Waals surface area contributed by atoms with Gasteiger partial charge in [-0.25, -0.2) is 0 Å². The first-order chi connectivity index (χ1) is 21.4. The highest BCUT2D eigenvalue weighted by Gasteiger charge is 2.33. The Kier molecular flexibility index (Phi) is 11.4. The lowest BCUT2D eigenvalue weighted by Gasteiger charge is -2.05. The molecule has 6 rings (SSSR count). The van der Waals surface area contributed by atoms with Gasteiger partial charge in [0.25, 0.3) is 0 Å². The Bertz CT molecular complexity index is 1920. The van der Waals surface area contributed by atoms with Crippen LogP contribution in [0.1, 0.15) is 11.4 Å². The van der Waals surface area contributed by atoms with Gasteiger partial charge in [-0.3, -0.25) is 0 Å². The average molecular weight is 785 g/mol. The zero-order chi connectivity index (χ0) is 34.0. The van der Waals surface area contributed by atoms with Crippen LogP contribution in [-0.4, -0.2) is 27.1 Å². The molecule has 2 heterocycles. The van der Waals surface area contributed by atoms with E-state index in [1.54, 1.807) is 60.7 Å². The number of hydrogen-bond acceptors (Lipinski definition) is 2. The number of hydrogen-bond donors (Lipinski definition) is 4. The first-order valence-electron chi connectivity index (χ1n) is 12.7. The fourth-order valence-corrected chi connectivity index (χ4v) is 5.12. The van der Waals surface area contributed by atoms with Crippen LogP contribution in [-0.2, 0) is 12.4 Å². The van der Waals surface area contributed by atoms with Gasteiger partial charge >= 0.3 is 19.5 Å². The third-order valence-corrected chi connectivity index (χ3v) is 8.32. The summed E-state index contributed by atoms with van der Waals surface area (Å²) in [6.07, 6.45) is -8.77. The smallest absolute Gasteiger partial charge is 0.423 e. The van der Waals surface area contributed by atoms with Gasteiger partial charge in [-0.1, -0.05) is 70.7 Å². The summed E-state index contributed by atoms with van der Waals surface area (Å²) in [5.74, 6) is 0. The second kappa shape index (κ2) is 14.5. The zero-order valence-corrected chi connectivity index (χ0v) is 27.3. The van der Waals surface area contributed by atoms with Crippen molar-refractivity contribution in [2.24, 2.45) is 0 Å². The molecule has 4 aromatic carbocycles. The molecule has 0 aliphatic rings. The molecule has 2 aromatic heterocycles. The quantitative estimate of drug-likeness (QED) is 0.104. The molecule has 0 bridgehead atoms. The van der Waals surface area contributed by atoms with E-state index in [-0.39, 0.29) is 0 Å². The lowest BCUT2D eigenvalue weighted by Crippen LogP contribution is -2.29. The number of H-pyrrole nitrogens is 2. The number of aromatic amines is 2. The topological polar surface area (TPSA) is 72.0 Å². The highest BCUT2D eigenvalue weighted by Crippen LogP contribution is 2.37. The van der Waals surface area contributed by atoms with E-state index in [0.29, 0.717) is 57.4 Å². The number of aromatic nitrogens is 2. The maximum absolute atomic E-state index is 12.7. The molecule has 0 aliphatic heterocycles. The molecule has 0 atom stereocenters. The van der Waals surface area contributed by atoms with Gasteiger partial charge in [0.05, 0.1) is 10.0 Å². The summed E-state index contributed by atoms with van der Waals surface area (Å²) in [4.78, 5) is 4.61. The highest BCUT2D eigenvalue weighted by molar-refractivity contribution is 9.10. The number of alkyl halides is 6. The Morgan fingerprint density at radius 1 is 0.587 bits per heavy atom. The van der Waals surface area contributed by atoms with Crippen LogP contribution in [0.5, 0.6) is 0 Å². The van der Waals surface area contributed by atoms with Gasteiger partial charge in [-0.05, 0) is 87.6 Å². The fraction of sp³-hybridized carbons (Fsp3) is 0.0667. The lowest BCUT2D eigenvalue weighted by atomic mass is 9.81. The molecule has 0 unspecified atom stereocenters. The molecule has 6 aromatic rings. The molecular formula is C30H18BBrCl4F6N2O2. The monoisotopic (exact) mass is 782 g/mol. The Morgan fingerprint density at radius 3 is 1.48 bits per heavy atom. The Labute approximate surface area is 286 Å². The Morgan fingerprint density at radius 2 is 1.02 bits per heavy atom. The number of fused-ring (bicyclic) bond motifs is 2. The van der Waals surface area contributed by atoms with Crippen LogP contribution in [0.3, 0.4) is 0 Å². The van der Waals surface area contributed by atoms with Gasteiger partial charge in [0.15, 0.2) is 0 Å². The molecular weight excluding hydrogens is 767 g/mol. The van der Waals surface area contributed by atoms with Crippen LogP contribution < -0.4 is 5.46 Å². The maximum atomic E-state index is 12.7. The molecule has 0 fully saturated rings. The zero-order valence-electron chi connectivity index (χ0n) is 22.7. The van der Waals surface area contributed by atoms with Gasteiger partial charge in [0, 0.05) is 41.9 Å². The number of benzene rings is 4. The Hall–Kier alpha value is -2.84. The average Bonchev–Trinajstić information content (AvgIpc) is 3.58. The predicted octanol–water partition coefficient (Wildman–Crippen LogP) is 10.8. The van der Waals surface area contributed by atoms with Gasteiger partial charge in [-0.15, -0.1) is 0 Å². The van der Waals surface area contributed by atoms with Crippen molar-refractivity contribution in [1.29, 1.82) is 0 Å². The van der Waals surface area contributed by atoms with E-state index in [2.05, 4.69) is 25.9 Å². The summed E-state index contributed by atoms with van der Waals surface area (Å²) in [5, 5.41) is 20.1. The van der Waals surface area contributed by atoms with Crippen molar-refractivity contribution >= 4 is 96.7 Å². The molecule has 0 amide bonds. The van der Waals surface area contributed by atoms with Crippen molar-refractivity contribution in [1.82, 2.24) is 9.97 Å². The molecule has 240 valence electrons. The Balaban J connectivity index is 0.000000168. The third kappa shape index (κ3) is 9.16. The second-order valence-electron chi connectivity index (χ2n) is 9.57. The van der Waals surface area contributed by atoms with Crippen LogP contribution in [0.4, 0.5) is 26.3 Å². The fourth-order valence-electron chi connectivity index (χ4n) is 4.07. The van der Waals surface area contributed by atoms with E-state index in [1.807, 2.05) is 0 Å². The molecule has 0 spiro atoms. The minimum Gasteiger partial charge on any atom is -0.423 e. The minimum absolute atomic E-state index is 0.352. The van der Waals surface area contributed by atoms with Crippen LogP contribution in [0.15, 0.2) is 89.4 Å². The molecule has 0 saturated heterocycles. The summed E-state index contributed by atoms with van der Waals surface area (Å²) in [7, 11) is -1.41. The van der Waals surface area contributed by atoms with Crippen LogP contribution >= 0.6 is 62.3 Å². The number of nitrogens with one attached hydrogen (secondary N) is 2. The lowest BCUT2D eigenvalue weighted by molar-refractivity contribution is -0.141. The first-order valence-corrected chi connectivity index (χ1v) is 15.0. The van der Waals surface area contributed by atoms with Crippen LogP contribution in [0.2, 0.25) is 20.1 Å². The molecule has 4 N–H and O–H groups in total. The van der Waals surface area contributed by atoms with Crippen molar-refractivity contribution in [3.63, 3.8) is 0 Å². The molecule has 0 aliphatic carbocycles. The van der Waals surface area contributed by atoms with E-state index >= 15 is 0 Å². The predicted molar refractivity (Wildman–Crippen MR) is 176 cm³/mol. The molecule has 4 nitrogen and oxygen atoms in total. The molecule has 16 heteroatoms. The molecule has 0 saturated carbocycles. The van der Waals surface area contributed by atoms with Crippen molar-refractivity contribution in [2.45, 2.75) is 12.4 Å². The summed E-state index contributed by atoms with van der Waals surface area (Å²) in [5.41, 5.74) is 1.06. The second-order valence-corrected chi connectivity index (χ2v) is 12.1. The third-order valence-electron chi connectivity index (χ3n) is 6.30. The van der Waals surface area contributed by atoms with Gasteiger partial charge in [0.1, 0.15) is 11.4 Å². The number of halogens is 11. The summed E-state index contributed by atoms with van der Waals surface area (Å²) < 4.78 is 75.8. The van der Waals surface area contributed by atoms with E-state index in [9.17, 15) is 26.3 Å². The van der Waals surface area contributed by atoms with E-state index in [0.717, 1.165) is 17.7 Å².